The number of benzene rings is 1. The van der Waals surface area contributed by atoms with Crippen LogP contribution in [-0.4, -0.2) is 64.3 Å². The number of likely N-dealkylation sites (tertiary alicyclic amines) is 1. The molecule has 1 atom stereocenters. The number of piperidine rings is 1. The number of carbonyl (C=O) groups is 2. The van der Waals surface area contributed by atoms with Gasteiger partial charge in [0, 0.05) is 55.6 Å². The molecule has 0 spiro atoms. The number of rotatable bonds is 9. The molecule has 1 saturated heterocycles. The van der Waals surface area contributed by atoms with Crippen LogP contribution in [-0.2, 0) is 11.3 Å². The molecule has 7 heteroatoms. The Morgan fingerprint density at radius 2 is 1.89 bits per heavy atom. The smallest absolute Gasteiger partial charge is 0.253 e. The van der Waals surface area contributed by atoms with E-state index in [1.807, 2.05) is 59.8 Å². The molecular formula is C28H35N5O2. The molecule has 1 fully saturated rings. The van der Waals surface area contributed by atoms with E-state index in [2.05, 4.69) is 34.2 Å². The first-order chi connectivity index (χ1) is 17.0. The average Bonchev–Trinajstić information content (AvgIpc) is 2.89. The molecule has 2 amide bonds. The van der Waals surface area contributed by atoms with E-state index in [0.29, 0.717) is 18.7 Å². The summed E-state index contributed by atoms with van der Waals surface area (Å²) < 4.78 is 0. The van der Waals surface area contributed by atoms with Crippen molar-refractivity contribution in [2.75, 3.05) is 26.7 Å². The number of nitrogens with one attached hydrogen (secondary N) is 1. The van der Waals surface area contributed by atoms with E-state index in [4.69, 9.17) is 0 Å². The number of hydrogen-bond acceptors (Lipinski definition) is 5. The lowest BCUT2D eigenvalue weighted by atomic mass is 9.97. The summed E-state index contributed by atoms with van der Waals surface area (Å²) in [5.41, 5.74) is 2.68. The van der Waals surface area contributed by atoms with Crippen molar-refractivity contribution in [1.29, 1.82) is 0 Å². The number of carbonyl (C=O) groups excluding carboxylic acids is 2. The summed E-state index contributed by atoms with van der Waals surface area (Å²) >= 11 is 0. The molecule has 3 heterocycles. The molecule has 0 aliphatic carbocycles. The van der Waals surface area contributed by atoms with Crippen molar-refractivity contribution in [1.82, 2.24) is 25.1 Å². The molecule has 1 aromatic carbocycles. The standard InChI is InChI=1S/C28H35N5O2/c1-3-22(10-15-32(2)20-21-8-13-29-14-9-21)28(35)33-16-11-25(12-17-33)31-27(34)24-18-23-6-4-5-7-26(23)30-19-24/h4-9,13-14,18-19,22,25H,3,10-12,15-17,20H2,1-2H3,(H,31,34). The Labute approximate surface area is 207 Å². The SMILES string of the molecule is CCC(CCN(C)Cc1ccncc1)C(=O)N1CCC(NC(=O)c2cnc3ccccc3c2)CC1. The first kappa shape index (κ1) is 24.8. The summed E-state index contributed by atoms with van der Waals surface area (Å²) in [6.07, 6.45) is 8.50. The van der Waals surface area contributed by atoms with Crippen LogP contribution in [0.1, 0.15) is 48.5 Å². The normalized spacial score (nSPS) is 15.3. The van der Waals surface area contributed by atoms with Gasteiger partial charge in [-0.25, -0.2) is 0 Å². The number of para-hydroxylation sites is 1. The van der Waals surface area contributed by atoms with Crippen molar-refractivity contribution in [2.45, 2.75) is 45.2 Å². The lowest BCUT2D eigenvalue weighted by Crippen LogP contribution is -2.48. The van der Waals surface area contributed by atoms with E-state index in [9.17, 15) is 9.59 Å². The van der Waals surface area contributed by atoms with Crippen LogP contribution in [0.15, 0.2) is 61.1 Å². The van der Waals surface area contributed by atoms with Crippen molar-refractivity contribution >= 4 is 22.7 Å². The van der Waals surface area contributed by atoms with Gasteiger partial charge in [-0.1, -0.05) is 25.1 Å². The van der Waals surface area contributed by atoms with Crippen molar-refractivity contribution in [3.8, 4) is 0 Å². The summed E-state index contributed by atoms with van der Waals surface area (Å²) in [4.78, 5) is 38.6. The van der Waals surface area contributed by atoms with Crippen LogP contribution in [0.5, 0.6) is 0 Å². The predicted molar refractivity (Wildman–Crippen MR) is 138 cm³/mol. The molecule has 0 radical (unpaired) electrons. The van der Waals surface area contributed by atoms with E-state index in [1.165, 1.54) is 5.56 Å². The fourth-order valence-electron chi connectivity index (χ4n) is 4.72. The highest BCUT2D eigenvalue weighted by molar-refractivity contribution is 5.97. The molecule has 0 bridgehead atoms. The number of nitrogens with zero attached hydrogens (tertiary/aromatic N) is 4. The third kappa shape index (κ3) is 6.63. The second-order valence-electron chi connectivity index (χ2n) is 9.48. The summed E-state index contributed by atoms with van der Waals surface area (Å²) in [5.74, 6) is 0.176. The molecule has 1 unspecified atom stereocenters. The minimum atomic E-state index is -0.100. The van der Waals surface area contributed by atoms with Gasteiger partial charge in [-0.3, -0.25) is 19.6 Å². The van der Waals surface area contributed by atoms with Crippen molar-refractivity contribution < 1.29 is 9.59 Å². The van der Waals surface area contributed by atoms with Gasteiger partial charge in [0.2, 0.25) is 5.91 Å². The second kappa shape index (κ2) is 11.9. The van der Waals surface area contributed by atoms with Crippen LogP contribution in [0.3, 0.4) is 0 Å². The minimum Gasteiger partial charge on any atom is -0.349 e. The molecule has 4 rings (SSSR count). The van der Waals surface area contributed by atoms with Gasteiger partial charge < -0.3 is 15.1 Å². The third-order valence-corrected chi connectivity index (χ3v) is 6.90. The van der Waals surface area contributed by atoms with E-state index < -0.39 is 0 Å². The number of pyridine rings is 2. The number of aromatic nitrogens is 2. The van der Waals surface area contributed by atoms with Crippen LogP contribution in [0.2, 0.25) is 0 Å². The Hall–Kier alpha value is -3.32. The molecule has 7 nitrogen and oxygen atoms in total. The van der Waals surface area contributed by atoms with Crippen LogP contribution in [0, 0.1) is 5.92 Å². The zero-order valence-electron chi connectivity index (χ0n) is 20.7. The zero-order chi connectivity index (χ0) is 24.6. The summed E-state index contributed by atoms with van der Waals surface area (Å²) in [7, 11) is 2.09. The highest BCUT2D eigenvalue weighted by Crippen LogP contribution is 2.19. The van der Waals surface area contributed by atoms with E-state index >= 15 is 0 Å². The summed E-state index contributed by atoms with van der Waals surface area (Å²) in [5, 5.41) is 4.09. The molecule has 1 N–H and O–H groups in total. The summed E-state index contributed by atoms with van der Waals surface area (Å²) in [6.45, 7) is 5.19. The fourth-order valence-corrected chi connectivity index (χ4v) is 4.72. The zero-order valence-corrected chi connectivity index (χ0v) is 20.7. The fraction of sp³-hybridized carbons (Fsp3) is 0.429. The second-order valence-corrected chi connectivity index (χ2v) is 9.48. The van der Waals surface area contributed by atoms with Gasteiger partial charge in [0.25, 0.3) is 5.91 Å². The maximum atomic E-state index is 13.2. The minimum absolute atomic E-state index is 0.0321. The highest BCUT2D eigenvalue weighted by atomic mass is 16.2. The van der Waals surface area contributed by atoms with Gasteiger partial charge in [0.05, 0.1) is 11.1 Å². The third-order valence-electron chi connectivity index (χ3n) is 6.90. The largest absolute Gasteiger partial charge is 0.349 e. The predicted octanol–water partition coefficient (Wildman–Crippen LogP) is 3.90. The Kier molecular flexibility index (Phi) is 8.42. The Balaban J connectivity index is 1.23. The van der Waals surface area contributed by atoms with E-state index in [0.717, 1.165) is 49.7 Å². The van der Waals surface area contributed by atoms with Gasteiger partial charge in [-0.2, -0.15) is 0 Å². The molecule has 1 aliphatic rings. The Bertz CT molecular complexity index is 1130. The Morgan fingerprint density at radius 1 is 1.14 bits per heavy atom. The van der Waals surface area contributed by atoms with Crippen LogP contribution >= 0.6 is 0 Å². The van der Waals surface area contributed by atoms with Gasteiger partial charge in [0.15, 0.2) is 0 Å². The molecule has 184 valence electrons. The lowest BCUT2D eigenvalue weighted by Gasteiger charge is -2.34. The van der Waals surface area contributed by atoms with Gasteiger partial charge in [-0.05, 0) is 69.1 Å². The van der Waals surface area contributed by atoms with Gasteiger partial charge >= 0.3 is 0 Å². The molecule has 1 aliphatic heterocycles. The van der Waals surface area contributed by atoms with Crippen LogP contribution in [0.25, 0.3) is 10.9 Å². The number of amides is 2. The van der Waals surface area contributed by atoms with Crippen molar-refractivity contribution in [3.05, 3.63) is 72.2 Å². The maximum Gasteiger partial charge on any atom is 0.253 e. The van der Waals surface area contributed by atoms with Gasteiger partial charge in [0.1, 0.15) is 0 Å². The highest BCUT2D eigenvalue weighted by Gasteiger charge is 2.28. The molecule has 2 aromatic heterocycles. The van der Waals surface area contributed by atoms with E-state index in [-0.39, 0.29) is 23.8 Å². The first-order valence-corrected chi connectivity index (χ1v) is 12.6. The van der Waals surface area contributed by atoms with Gasteiger partial charge in [-0.15, -0.1) is 0 Å². The summed E-state index contributed by atoms with van der Waals surface area (Å²) in [6, 6.07) is 13.8. The lowest BCUT2D eigenvalue weighted by molar-refractivity contribution is -0.137. The number of hydrogen-bond donors (Lipinski definition) is 1. The Morgan fingerprint density at radius 3 is 2.63 bits per heavy atom. The van der Waals surface area contributed by atoms with E-state index in [1.54, 1.807) is 6.20 Å². The van der Waals surface area contributed by atoms with Crippen LogP contribution < -0.4 is 5.32 Å². The topological polar surface area (TPSA) is 78.4 Å². The maximum absolute atomic E-state index is 13.2. The molecule has 35 heavy (non-hydrogen) atoms. The number of fused-ring (bicyclic) bond motifs is 1. The molecular weight excluding hydrogens is 438 g/mol. The average molecular weight is 474 g/mol. The van der Waals surface area contributed by atoms with Crippen LogP contribution in [0.4, 0.5) is 0 Å². The quantitative estimate of drug-likeness (QED) is 0.510. The van der Waals surface area contributed by atoms with Crippen molar-refractivity contribution in [3.63, 3.8) is 0 Å². The monoisotopic (exact) mass is 473 g/mol. The molecule has 3 aromatic rings. The molecule has 0 saturated carbocycles. The van der Waals surface area contributed by atoms with Crippen molar-refractivity contribution in [2.24, 2.45) is 5.92 Å². The first-order valence-electron chi connectivity index (χ1n) is 12.6.